The largest absolute Gasteiger partial charge is 0.396 e. The SMILES string of the molecule is NS(=O)(=O)c1cc(C(=O)NCCCO)c(S(=O)(=O)C2CCCCC2)cc1Cl. The number of benzene rings is 1. The number of aliphatic hydroxyl groups is 1. The van der Waals surface area contributed by atoms with Crippen LogP contribution in [0.15, 0.2) is 21.9 Å². The highest BCUT2D eigenvalue weighted by atomic mass is 35.5. The Kier molecular flexibility index (Phi) is 7.26. The molecule has 4 N–H and O–H groups in total. The molecule has 0 bridgehead atoms. The molecule has 2 rings (SSSR count). The molecule has 1 saturated carbocycles. The summed E-state index contributed by atoms with van der Waals surface area (Å²) >= 11 is 5.97. The van der Waals surface area contributed by atoms with E-state index < -0.39 is 35.9 Å². The molecule has 0 spiro atoms. The molecule has 1 aromatic rings. The van der Waals surface area contributed by atoms with Crippen LogP contribution < -0.4 is 10.5 Å². The zero-order valence-corrected chi connectivity index (χ0v) is 17.0. The molecule has 1 aliphatic rings. The summed E-state index contributed by atoms with van der Waals surface area (Å²) in [6.07, 6.45) is 3.71. The predicted molar refractivity (Wildman–Crippen MR) is 101 cm³/mol. The second kappa shape index (κ2) is 8.87. The number of sulfone groups is 1. The summed E-state index contributed by atoms with van der Waals surface area (Å²) in [5, 5.41) is 15.4. The van der Waals surface area contributed by atoms with Gasteiger partial charge in [-0.05, 0) is 31.4 Å². The Morgan fingerprint density at radius 1 is 1.15 bits per heavy atom. The van der Waals surface area contributed by atoms with E-state index in [-0.39, 0.29) is 35.1 Å². The Labute approximate surface area is 164 Å². The van der Waals surface area contributed by atoms with E-state index in [9.17, 15) is 21.6 Å². The van der Waals surface area contributed by atoms with Crippen molar-refractivity contribution in [2.45, 2.75) is 53.6 Å². The van der Waals surface area contributed by atoms with Crippen molar-refractivity contribution in [1.82, 2.24) is 5.32 Å². The first-order valence-electron chi connectivity index (χ1n) is 8.58. The van der Waals surface area contributed by atoms with Crippen molar-refractivity contribution >= 4 is 37.4 Å². The molecule has 0 aromatic heterocycles. The van der Waals surface area contributed by atoms with Crippen LogP contribution >= 0.6 is 11.6 Å². The Hall–Kier alpha value is -1.20. The first-order valence-corrected chi connectivity index (χ1v) is 12.1. The number of aliphatic hydroxyl groups excluding tert-OH is 1. The van der Waals surface area contributed by atoms with E-state index in [1.165, 1.54) is 0 Å². The average molecular weight is 439 g/mol. The van der Waals surface area contributed by atoms with Gasteiger partial charge in [0.1, 0.15) is 4.90 Å². The van der Waals surface area contributed by atoms with E-state index in [0.29, 0.717) is 12.8 Å². The van der Waals surface area contributed by atoms with Crippen LogP contribution in [-0.4, -0.2) is 46.3 Å². The molecule has 0 radical (unpaired) electrons. The van der Waals surface area contributed by atoms with Crippen molar-refractivity contribution in [1.29, 1.82) is 0 Å². The quantitative estimate of drug-likeness (QED) is 0.545. The summed E-state index contributed by atoms with van der Waals surface area (Å²) in [5.74, 6) is -0.764. The third-order valence-electron chi connectivity index (χ3n) is 4.50. The van der Waals surface area contributed by atoms with Crippen molar-refractivity contribution in [3.05, 3.63) is 22.7 Å². The monoisotopic (exact) mass is 438 g/mol. The minimum Gasteiger partial charge on any atom is -0.396 e. The van der Waals surface area contributed by atoms with Gasteiger partial charge in [-0.3, -0.25) is 4.79 Å². The van der Waals surface area contributed by atoms with Gasteiger partial charge in [0, 0.05) is 13.2 Å². The lowest BCUT2D eigenvalue weighted by atomic mass is 10.0. The smallest absolute Gasteiger partial charge is 0.252 e. The van der Waals surface area contributed by atoms with Gasteiger partial charge in [0.05, 0.1) is 20.7 Å². The minimum absolute atomic E-state index is 0.103. The number of carbonyl (C=O) groups is 1. The molecule has 1 aromatic carbocycles. The predicted octanol–water partition coefficient (Wildman–Crippen LogP) is 1.21. The van der Waals surface area contributed by atoms with Gasteiger partial charge in [-0.15, -0.1) is 0 Å². The van der Waals surface area contributed by atoms with E-state index in [4.69, 9.17) is 21.8 Å². The summed E-state index contributed by atoms with van der Waals surface area (Å²) in [6.45, 7) is -0.0534. The van der Waals surface area contributed by atoms with E-state index in [0.717, 1.165) is 31.4 Å². The van der Waals surface area contributed by atoms with E-state index in [1.54, 1.807) is 0 Å². The maximum atomic E-state index is 13.1. The number of sulfonamides is 1. The zero-order chi connectivity index (χ0) is 20.2. The standard InChI is InChI=1S/C16H23ClN2O6S2/c17-13-10-14(26(22,23)11-5-2-1-3-6-11)12(9-15(13)27(18,24)25)16(21)19-7-4-8-20/h9-11,20H,1-8H2,(H,19,21)(H2,18,24,25). The number of primary sulfonamides is 1. The van der Waals surface area contributed by atoms with Crippen LogP contribution in [0.3, 0.4) is 0 Å². The zero-order valence-electron chi connectivity index (χ0n) is 14.6. The van der Waals surface area contributed by atoms with Crippen LogP contribution in [-0.2, 0) is 19.9 Å². The van der Waals surface area contributed by atoms with E-state index in [2.05, 4.69) is 5.32 Å². The highest BCUT2D eigenvalue weighted by Gasteiger charge is 2.34. The number of amides is 1. The number of hydrogen-bond donors (Lipinski definition) is 3. The van der Waals surface area contributed by atoms with Crippen molar-refractivity contribution in [2.75, 3.05) is 13.2 Å². The van der Waals surface area contributed by atoms with E-state index >= 15 is 0 Å². The van der Waals surface area contributed by atoms with Crippen LogP contribution in [0, 0.1) is 0 Å². The van der Waals surface area contributed by atoms with Crippen molar-refractivity contribution in [3.8, 4) is 0 Å². The first kappa shape index (κ1) is 22.1. The van der Waals surface area contributed by atoms with Gasteiger partial charge >= 0.3 is 0 Å². The summed E-state index contributed by atoms with van der Waals surface area (Å²) < 4.78 is 49.7. The maximum Gasteiger partial charge on any atom is 0.252 e. The first-order chi connectivity index (χ1) is 12.6. The highest BCUT2D eigenvalue weighted by Crippen LogP contribution is 2.34. The van der Waals surface area contributed by atoms with Crippen LogP contribution in [0.2, 0.25) is 5.02 Å². The topological polar surface area (TPSA) is 144 Å². The summed E-state index contributed by atoms with van der Waals surface area (Å²) in [4.78, 5) is 11.7. The van der Waals surface area contributed by atoms with Crippen molar-refractivity contribution < 1.29 is 26.7 Å². The van der Waals surface area contributed by atoms with Gasteiger partial charge in [0.15, 0.2) is 9.84 Å². The van der Waals surface area contributed by atoms with E-state index in [1.807, 2.05) is 0 Å². The second-order valence-corrected chi connectivity index (χ2v) is 10.6. The second-order valence-electron chi connectivity index (χ2n) is 6.46. The fraction of sp³-hybridized carbons (Fsp3) is 0.562. The van der Waals surface area contributed by atoms with Gasteiger partial charge < -0.3 is 10.4 Å². The van der Waals surface area contributed by atoms with Crippen LogP contribution in [0.5, 0.6) is 0 Å². The van der Waals surface area contributed by atoms with Crippen LogP contribution in [0.25, 0.3) is 0 Å². The molecule has 11 heteroatoms. The van der Waals surface area contributed by atoms with Gasteiger partial charge in [0.25, 0.3) is 5.91 Å². The van der Waals surface area contributed by atoms with Gasteiger partial charge in [-0.1, -0.05) is 30.9 Å². The lowest BCUT2D eigenvalue weighted by Crippen LogP contribution is -2.30. The van der Waals surface area contributed by atoms with Crippen LogP contribution in [0.1, 0.15) is 48.9 Å². The number of halogens is 1. The number of rotatable bonds is 7. The number of hydrogen-bond acceptors (Lipinski definition) is 6. The lowest BCUT2D eigenvalue weighted by Gasteiger charge is -2.23. The molecule has 152 valence electrons. The maximum absolute atomic E-state index is 13.1. The fourth-order valence-electron chi connectivity index (χ4n) is 3.10. The minimum atomic E-state index is -4.25. The molecule has 0 atom stereocenters. The normalized spacial score (nSPS) is 16.3. The summed E-state index contributed by atoms with van der Waals surface area (Å²) in [7, 11) is -8.13. The lowest BCUT2D eigenvalue weighted by molar-refractivity contribution is 0.0947. The molecular formula is C16H23ClN2O6S2. The third kappa shape index (κ3) is 5.20. The number of nitrogens with one attached hydrogen (secondary N) is 1. The van der Waals surface area contributed by atoms with Gasteiger partial charge in [0.2, 0.25) is 10.0 Å². The Morgan fingerprint density at radius 3 is 2.33 bits per heavy atom. The Balaban J connectivity index is 2.57. The third-order valence-corrected chi connectivity index (χ3v) is 8.18. The number of nitrogens with two attached hydrogens (primary N) is 1. The van der Waals surface area contributed by atoms with Gasteiger partial charge in [-0.2, -0.15) is 0 Å². The molecule has 0 saturated heterocycles. The summed E-state index contributed by atoms with van der Waals surface area (Å²) in [6, 6.07) is 1.90. The molecule has 0 aliphatic heterocycles. The highest BCUT2D eigenvalue weighted by molar-refractivity contribution is 7.92. The average Bonchev–Trinajstić information content (AvgIpc) is 2.61. The number of carbonyl (C=O) groups excluding carboxylic acids is 1. The van der Waals surface area contributed by atoms with Crippen molar-refractivity contribution in [2.24, 2.45) is 5.14 Å². The van der Waals surface area contributed by atoms with Crippen LogP contribution in [0.4, 0.5) is 0 Å². The van der Waals surface area contributed by atoms with Crippen molar-refractivity contribution in [3.63, 3.8) is 0 Å². The fourth-order valence-corrected chi connectivity index (χ4v) is 6.31. The molecule has 0 heterocycles. The van der Waals surface area contributed by atoms with Gasteiger partial charge in [-0.25, -0.2) is 22.0 Å². The Bertz CT molecular complexity index is 909. The summed E-state index contributed by atoms with van der Waals surface area (Å²) in [5.41, 5.74) is -0.313. The molecule has 1 fully saturated rings. The Morgan fingerprint density at radius 2 is 1.78 bits per heavy atom. The molecular weight excluding hydrogens is 416 g/mol. The molecule has 0 unspecified atom stereocenters. The molecule has 27 heavy (non-hydrogen) atoms. The molecule has 1 aliphatic carbocycles. The molecule has 1 amide bonds. The molecule has 8 nitrogen and oxygen atoms in total.